The first-order valence-corrected chi connectivity index (χ1v) is 6.95. The van der Waals surface area contributed by atoms with Crippen LogP contribution in [0.2, 0.25) is 0 Å². The zero-order chi connectivity index (χ0) is 14.7. The van der Waals surface area contributed by atoms with Gasteiger partial charge in [-0.1, -0.05) is 42.5 Å². The van der Waals surface area contributed by atoms with Gasteiger partial charge in [-0.05, 0) is 41.8 Å². The Morgan fingerprint density at radius 3 is 2.43 bits per heavy atom. The number of rotatable bonds is 3. The molecule has 2 heteroatoms. The van der Waals surface area contributed by atoms with Gasteiger partial charge in [-0.25, -0.2) is 0 Å². The summed E-state index contributed by atoms with van der Waals surface area (Å²) in [4.78, 5) is 4.55. The predicted molar refractivity (Wildman–Crippen MR) is 86.4 cm³/mol. The molecule has 0 N–H and O–H groups in total. The summed E-state index contributed by atoms with van der Waals surface area (Å²) < 4.78 is 5.33. The van der Waals surface area contributed by atoms with E-state index in [0.29, 0.717) is 0 Å². The van der Waals surface area contributed by atoms with Crippen molar-refractivity contribution in [2.24, 2.45) is 0 Å². The largest absolute Gasteiger partial charge is 0.497 e. The molecule has 0 saturated carbocycles. The van der Waals surface area contributed by atoms with Gasteiger partial charge in [0.05, 0.1) is 12.8 Å². The van der Waals surface area contributed by atoms with Crippen molar-refractivity contribution in [3.63, 3.8) is 0 Å². The zero-order valence-corrected chi connectivity index (χ0v) is 12.2. The smallest absolute Gasteiger partial charge is 0.119 e. The van der Waals surface area contributed by atoms with Gasteiger partial charge in [0.25, 0.3) is 0 Å². The van der Waals surface area contributed by atoms with Gasteiger partial charge in [-0.2, -0.15) is 0 Å². The standard InChI is InChI=1S/C19H17NO/c1-14-7-6-12-20-19(14)18-11-4-3-10-17(18)15-8-5-9-16(13-15)21-2/h3-13H,1-2H3. The van der Waals surface area contributed by atoms with Gasteiger partial charge < -0.3 is 4.74 Å². The molecule has 0 saturated heterocycles. The molecule has 1 aromatic heterocycles. The summed E-state index contributed by atoms with van der Waals surface area (Å²) in [6.07, 6.45) is 1.84. The van der Waals surface area contributed by atoms with Crippen molar-refractivity contribution in [2.75, 3.05) is 7.11 Å². The van der Waals surface area contributed by atoms with Crippen LogP contribution in [-0.4, -0.2) is 12.1 Å². The van der Waals surface area contributed by atoms with Gasteiger partial charge in [0.2, 0.25) is 0 Å². The van der Waals surface area contributed by atoms with Crippen molar-refractivity contribution in [3.05, 3.63) is 72.4 Å². The summed E-state index contributed by atoms with van der Waals surface area (Å²) in [5, 5.41) is 0. The van der Waals surface area contributed by atoms with E-state index in [1.165, 1.54) is 11.1 Å². The van der Waals surface area contributed by atoms with Crippen molar-refractivity contribution in [1.82, 2.24) is 4.98 Å². The molecule has 3 aromatic rings. The number of benzene rings is 2. The number of pyridine rings is 1. The second-order valence-electron chi connectivity index (χ2n) is 4.95. The normalized spacial score (nSPS) is 10.4. The van der Waals surface area contributed by atoms with Crippen LogP contribution in [0.15, 0.2) is 66.9 Å². The van der Waals surface area contributed by atoms with Crippen molar-refractivity contribution in [1.29, 1.82) is 0 Å². The molecule has 3 rings (SSSR count). The van der Waals surface area contributed by atoms with E-state index in [0.717, 1.165) is 22.6 Å². The number of hydrogen-bond donors (Lipinski definition) is 0. The van der Waals surface area contributed by atoms with Crippen LogP contribution in [0.5, 0.6) is 5.75 Å². The first kappa shape index (κ1) is 13.4. The molecule has 2 nitrogen and oxygen atoms in total. The predicted octanol–water partition coefficient (Wildman–Crippen LogP) is 4.73. The van der Waals surface area contributed by atoms with Crippen LogP contribution in [0.25, 0.3) is 22.4 Å². The minimum Gasteiger partial charge on any atom is -0.497 e. The fraction of sp³-hybridized carbons (Fsp3) is 0.105. The lowest BCUT2D eigenvalue weighted by atomic mass is 9.95. The number of aromatic nitrogens is 1. The van der Waals surface area contributed by atoms with Crippen molar-refractivity contribution in [3.8, 4) is 28.1 Å². The lowest BCUT2D eigenvalue weighted by Crippen LogP contribution is -1.91. The Morgan fingerprint density at radius 1 is 0.857 bits per heavy atom. The van der Waals surface area contributed by atoms with E-state index >= 15 is 0 Å². The van der Waals surface area contributed by atoms with Crippen molar-refractivity contribution in [2.45, 2.75) is 6.92 Å². The summed E-state index contributed by atoms with van der Waals surface area (Å²) in [6, 6.07) is 20.5. The molecule has 0 fully saturated rings. The molecule has 0 radical (unpaired) electrons. The third-order valence-corrected chi connectivity index (χ3v) is 3.57. The minimum atomic E-state index is 0.861. The molecule has 2 aromatic carbocycles. The molecule has 0 bridgehead atoms. The van der Waals surface area contributed by atoms with Crippen molar-refractivity contribution >= 4 is 0 Å². The van der Waals surface area contributed by atoms with Gasteiger partial charge in [-0.15, -0.1) is 0 Å². The second-order valence-corrected chi connectivity index (χ2v) is 4.95. The molecule has 104 valence electrons. The molecule has 0 aliphatic carbocycles. The summed E-state index contributed by atoms with van der Waals surface area (Å²) in [6.45, 7) is 2.09. The first-order chi connectivity index (χ1) is 10.3. The van der Waals surface area contributed by atoms with Crippen LogP contribution in [0.3, 0.4) is 0 Å². The Morgan fingerprint density at radius 2 is 1.67 bits per heavy atom. The molecule has 0 unspecified atom stereocenters. The zero-order valence-electron chi connectivity index (χ0n) is 12.2. The van der Waals surface area contributed by atoms with E-state index in [1.807, 2.05) is 30.5 Å². The molecule has 21 heavy (non-hydrogen) atoms. The van der Waals surface area contributed by atoms with E-state index in [-0.39, 0.29) is 0 Å². The average molecular weight is 275 g/mol. The molecular formula is C19H17NO. The Balaban J connectivity index is 2.18. The van der Waals surface area contributed by atoms with Crippen LogP contribution in [0.1, 0.15) is 5.56 Å². The number of nitrogens with zero attached hydrogens (tertiary/aromatic N) is 1. The van der Waals surface area contributed by atoms with Crippen LogP contribution in [0, 0.1) is 6.92 Å². The van der Waals surface area contributed by atoms with E-state index in [2.05, 4.69) is 48.3 Å². The van der Waals surface area contributed by atoms with Gasteiger partial charge in [0, 0.05) is 11.8 Å². The van der Waals surface area contributed by atoms with Crippen LogP contribution >= 0.6 is 0 Å². The van der Waals surface area contributed by atoms with Gasteiger partial charge in [0.1, 0.15) is 5.75 Å². The fourth-order valence-corrected chi connectivity index (χ4v) is 2.50. The minimum absolute atomic E-state index is 0.861. The summed E-state index contributed by atoms with van der Waals surface area (Å²) >= 11 is 0. The third-order valence-electron chi connectivity index (χ3n) is 3.57. The molecule has 1 heterocycles. The van der Waals surface area contributed by atoms with E-state index < -0.39 is 0 Å². The summed E-state index contributed by atoms with van der Waals surface area (Å²) in [5.74, 6) is 0.861. The Bertz CT molecular complexity index is 765. The highest BCUT2D eigenvalue weighted by Gasteiger charge is 2.10. The van der Waals surface area contributed by atoms with E-state index in [4.69, 9.17) is 4.74 Å². The first-order valence-electron chi connectivity index (χ1n) is 6.95. The monoisotopic (exact) mass is 275 g/mol. The topological polar surface area (TPSA) is 22.1 Å². The number of aryl methyl sites for hydroxylation is 1. The molecule has 0 amide bonds. The maximum absolute atomic E-state index is 5.33. The molecular weight excluding hydrogens is 258 g/mol. The molecule has 0 aliphatic heterocycles. The van der Waals surface area contributed by atoms with Gasteiger partial charge in [-0.3, -0.25) is 4.98 Å². The van der Waals surface area contributed by atoms with Gasteiger partial charge in [0.15, 0.2) is 0 Å². The Labute approximate surface area is 125 Å². The second kappa shape index (κ2) is 5.80. The SMILES string of the molecule is COc1cccc(-c2ccccc2-c2ncccc2C)c1. The lowest BCUT2D eigenvalue weighted by molar-refractivity contribution is 0.415. The van der Waals surface area contributed by atoms with E-state index in [9.17, 15) is 0 Å². The number of ether oxygens (including phenoxy) is 1. The number of hydrogen-bond acceptors (Lipinski definition) is 2. The summed E-state index contributed by atoms with van der Waals surface area (Å²) in [5.41, 5.74) is 5.64. The highest BCUT2D eigenvalue weighted by atomic mass is 16.5. The van der Waals surface area contributed by atoms with Crippen LogP contribution in [-0.2, 0) is 0 Å². The van der Waals surface area contributed by atoms with Crippen LogP contribution in [0.4, 0.5) is 0 Å². The molecule has 0 spiro atoms. The number of methoxy groups -OCH3 is 1. The van der Waals surface area contributed by atoms with Gasteiger partial charge >= 0.3 is 0 Å². The highest BCUT2D eigenvalue weighted by molar-refractivity contribution is 5.83. The van der Waals surface area contributed by atoms with E-state index in [1.54, 1.807) is 7.11 Å². The van der Waals surface area contributed by atoms with Crippen molar-refractivity contribution < 1.29 is 4.74 Å². The average Bonchev–Trinajstić information content (AvgIpc) is 2.55. The van der Waals surface area contributed by atoms with Crippen LogP contribution < -0.4 is 4.74 Å². The Kier molecular flexibility index (Phi) is 3.69. The fourth-order valence-electron chi connectivity index (χ4n) is 2.50. The highest BCUT2D eigenvalue weighted by Crippen LogP contribution is 2.33. The maximum atomic E-state index is 5.33. The summed E-state index contributed by atoms with van der Waals surface area (Å²) in [7, 11) is 1.69. The molecule has 0 aliphatic rings. The quantitative estimate of drug-likeness (QED) is 0.689. The Hall–Kier alpha value is -2.61. The lowest BCUT2D eigenvalue weighted by Gasteiger charge is -2.12. The molecule has 0 atom stereocenters. The third kappa shape index (κ3) is 2.65. The maximum Gasteiger partial charge on any atom is 0.119 e.